The monoisotopic (exact) mass is 462 g/mol. The van der Waals surface area contributed by atoms with Crippen molar-refractivity contribution < 1.29 is 80.0 Å². The summed E-state index contributed by atoms with van der Waals surface area (Å²) >= 11 is 0. The van der Waals surface area contributed by atoms with Gasteiger partial charge in [-0.2, -0.15) is 61.5 Å². The lowest BCUT2D eigenvalue weighted by atomic mass is 10.2. The Morgan fingerprint density at radius 2 is 0.815 bits per heavy atom. The number of phosphoric ester groups is 1. The summed E-state index contributed by atoms with van der Waals surface area (Å²) in [5.74, 6) is -26.3. The minimum absolute atomic E-state index is 2.87. The Morgan fingerprint density at radius 3 is 1.00 bits per heavy atom. The van der Waals surface area contributed by atoms with Crippen LogP contribution in [0.1, 0.15) is 0 Å². The predicted octanol–water partition coefficient (Wildman–Crippen LogP) is 4.79. The fourth-order valence-electron chi connectivity index (χ4n) is 0.959. The molecular weight excluding hydrogens is 457 g/mol. The van der Waals surface area contributed by atoms with Gasteiger partial charge < -0.3 is 4.89 Å². The van der Waals surface area contributed by atoms with Crippen molar-refractivity contribution in [3.63, 3.8) is 0 Å². The molecule has 0 aliphatic carbocycles. The van der Waals surface area contributed by atoms with E-state index in [9.17, 15) is 66.0 Å². The molecule has 0 heterocycles. The lowest BCUT2D eigenvalue weighted by molar-refractivity contribution is -0.360. The molecule has 0 aliphatic heterocycles. The molecule has 19 heteroatoms. The van der Waals surface area contributed by atoms with E-state index in [0.29, 0.717) is 0 Å². The van der Waals surface area contributed by atoms with Gasteiger partial charge in [-0.1, -0.05) is 0 Å². The normalized spacial score (nSPS) is 16.0. The zero-order valence-corrected chi connectivity index (χ0v) is 12.7. The van der Waals surface area contributed by atoms with E-state index >= 15 is 0 Å². The molecule has 0 bridgehead atoms. The van der Waals surface area contributed by atoms with Crippen molar-refractivity contribution >= 4 is 7.82 Å². The topological polar surface area (TPSA) is 55.8 Å². The van der Waals surface area contributed by atoms with Gasteiger partial charge in [-0.3, -0.25) is 9.05 Å². The first kappa shape index (κ1) is 26.1. The van der Waals surface area contributed by atoms with Crippen LogP contribution in [0.4, 0.5) is 61.5 Å². The summed E-state index contributed by atoms with van der Waals surface area (Å²) in [6.45, 7) is -6.59. The first-order valence-electron chi connectivity index (χ1n) is 5.68. The second-order valence-corrected chi connectivity index (χ2v) is 6.02. The average molecular weight is 462 g/mol. The predicted molar refractivity (Wildman–Crippen MR) is 53.6 cm³/mol. The van der Waals surface area contributed by atoms with Crippen LogP contribution in [-0.4, -0.2) is 54.1 Å². The molecule has 4 nitrogen and oxygen atoms in total. The van der Waals surface area contributed by atoms with Gasteiger partial charge in [0.25, 0.3) is 0 Å². The summed E-state index contributed by atoms with van der Waals surface area (Å²) in [7, 11) is -6.49. The molecule has 0 radical (unpaired) electrons. The molecular formula is C8H5F14O4P. The van der Waals surface area contributed by atoms with Gasteiger partial charge in [0.2, 0.25) is 0 Å². The van der Waals surface area contributed by atoms with Gasteiger partial charge in [0.1, 0.15) is 13.2 Å². The van der Waals surface area contributed by atoms with Crippen molar-refractivity contribution in [1.82, 2.24) is 0 Å². The number of alkyl halides is 14. The molecule has 0 amide bonds. The lowest BCUT2D eigenvalue weighted by Crippen LogP contribution is -2.54. The first-order valence-corrected chi connectivity index (χ1v) is 7.17. The summed E-state index contributed by atoms with van der Waals surface area (Å²) in [6, 6.07) is 0. The Balaban J connectivity index is 5.16. The summed E-state index contributed by atoms with van der Waals surface area (Å²) in [5, 5.41) is 0. The van der Waals surface area contributed by atoms with Crippen molar-refractivity contribution in [1.29, 1.82) is 0 Å². The molecule has 0 saturated carbocycles. The van der Waals surface area contributed by atoms with E-state index < -0.39 is 57.1 Å². The number of halogens is 14. The standard InChI is InChI=1S/C8H5F14O4P/c9-3(10,5(13,14)7(17,18)19)1-25-27(23,24)26-2-4(11,12)6(15,16)8(20,21)22/h1-2H2,(H,23,24). The molecule has 0 fully saturated rings. The molecule has 0 spiro atoms. The van der Waals surface area contributed by atoms with E-state index in [2.05, 4.69) is 9.05 Å². The van der Waals surface area contributed by atoms with Gasteiger partial charge in [0.15, 0.2) is 0 Å². The van der Waals surface area contributed by atoms with E-state index in [-0.39, 0.29) is 0 Å². The van der Waals surface area contributed by atoms with Crippen LogP contribution in [0.15, 0.2) is 0 Å². The quantitative estimate of drug-likeness (QED) is 0.417. The zero-order valence-electron chi connectivity index (χ0n) is 11.8. The maximum Gasteiger partial charge on any atom is 0.472 e. The van der Waals surface area contributed by atoms with E-state index in [1.165, 1.54) is 0 Å². The van der Waals surface area contributed by atoms with Crippen LogP contribution in [0.5, 0.6) is 0 Å². The van der Waals surface area contributed by atoms with Crippen LogP contribution < -0.4 is 0 Å². The Kier molecular flexibility index (Phi) is 6.95. The second-order valence-electron chi connectivity index (χ2n) is 4.57. The summed E-state index contributed by atoms with van der Waals surface area (Å²) < 4.78 is 188. The number of phosphoric acid groups is 1. The van der Waals surface area contributed by atoms with Crippen LogP contribution in [0, 0.1) is 0 Å². The van der Waals surface area contributed by atoms with Crippen LogP contribution in [0.3, 0.4) is 0 Å². The smallest absolute Gasteiger partial charge is 0.302 e. The molecule has 0 aromatic rings. The third-order valence-electron chi connectivity index (χ3n) is 2.45. The lowest BCUT2D eigenvalue weighted by Gasteiger charge is -2.29. The molecule has 0 aromatic heterocycles. The molecule has 164 valence electrons. The number of hydrogen-bond donors (Lipinski definition) is 1. The SMILES string of the molecule is O=P(O)(OCC(F)(F)C(F)(F)C(F)(F)F)OCC(F)(F)C(F)(F)C(F)(F)F. The van der Waals surface area contributed by atoms with Gasteiger partial charge in [0.05, 0.1) is 0 Å². The fraction of sp³-hybridized carbons (Fsp3) is 1.00. The van der Waals surface area contributed by atoms with Crippen LogP contribution >= 0.6 is 7.82 Å². The van der Waals surface area contributed by atoms with E-state index in [4.69, 9.17) is 4.89 Å². The maximum atomic E-state index is 12.7. The van der Waals surface area contributed by atoms with Crippen molar-refractivity contribution in [2.45, 2.75) is 36.0 Å². The minimum atomic E-state index is -6.90. The van der Waals surface area contributed by atoms with Crippen LogP contribution in [0.2, 0.25) is 0 Å². The van der Waals surface area contributed by atoms with E-state index in [0.717, 1.165) is 0 Å². The molecule has 1 N–H and O–H groups in total. The van der Waals surface area contributed by atoms with Gasteiger partial charge in [0, 0.05) is 0 Å². The van der Waals surface area contributed by atoms with Crippen molar-refractivity contribution in [3.8, 4) is 0 Å². The molecule has 0 aliphatic rings. The summed E-state index contributed by atoms with van der Waals surface area (Å²) in [6.07, 6.45) is -13.8. The number of rotatable bonds is 8. The molecule has 0 aromatic carbocycles. The minimum Gasteiger partial charge on any atom is -0.302 e. The molecule has 0 atom stereocenters. The average Bonchev–Trinajstić information content (AvgIpc) is 2.41. The largest absolute Gasteiger partial charge is 0.472 e. The summed E-state index contributed by atoms with van der Waals surface area (Å²) in [4.78, 5) is 8.57. The third-order valence-corrected chi connectivity index (χ3v) is 3.36. The van der Waals surface area contributed by atoms with Crippen molar-refractivity contribution in [2.75, 3.05) is 13.2 Å². The van der Waals surface area contributed by atoms with Crippen LogP contribution in [-0.2, 0) is 13.6 Å². The zero-order chi connectivity index (χ0) is 22.3. The highest BCUT2D eigenvalue weighted by Gasteiger charge is 2.74. The second kappa shape index (κ2) is 7.18. The van der Waals surface area contributed by atoms with E-state index in [1.807, 2.05) is 0 Å². The van der Waals surface area contributed by atoms with Gasteiger partial charge in [-0.15, -0.1) is 0 Å². The van der Waals surface area contributed by atoms with Crippen molar-refractivity contribution in [3.05, 3.63) is 0 Å². The van der Waals surface area contributed by atoms with Crippen LogP contribution in [0.25, 0.3) is 0 Å². The highest BCUT2D eigenvalue weighted by Crippen LogP contribution is 2.53. The first-order chi connectivity index (χ1) is 11.4. The maximum absolute atomic E-state index is 12.7. The van der Waals surface area contributed by atoms with Gasteiger partial charge in [-0.05, 0) is 0 Å². The highest BCUT2D eigenvalue weighted by atomic mass is 31.2. The molecule has 27 heavy (non-hydrogen) atoms. The van der Waals surface area contributed by atoms with E-state index in [1.54, 1.807) is 0 Å². The third kappa shape index (κ3) is 5.57. The Hall–Kier alpha value is -0.870. The molecule has 0 rings (SSSR count). The Morgan fingerprint density at radius 1 is 0.593 bits per heavy atom. The fourth-order valence-corrected chi connectivity index (χ4v) is 1.68. The summed E-state index contributed by atoms with van der Waals surface area (Å²) in [5.41, 5.74) is 0. The highest BCUT2D eigenvalue weighted by molar-refractivity contribution is 7.47. The Labute approximate surface area is 138 Å². The Bertz CT molecular complexity index is 520. The van der Waals surface area contributed by atoms with Crippen molar-refractivity contribution in [2.24, 2.45) is 0 Å². The molecule has 0 saturated heterocycles. The van der Waals surface area contributed by atoms with Gasteiger partial charge >= 0.3 is 43.9 Å². The van der Waals surface area contributed by atoms with Gasteiger partial charge in [-0.25, -0.2) is 4.57 Å². The molecule has 0 unspecified atom stereocenters. The number of hydrogen-bond acceptors (Lipinski definition) is 3.